The second-order valence-corrected chi connectivity index (χ2v) is 4.15. The molecule has 0 amide bonds. The molecule has 0 heterocycles. The van der Waals surface area contributed by atoms with Gasteiger partial charge in [-0.25, -0.2) is 4.84 Å². The minimum Gasteiger partial charge on any atom is -0.392 e. The predicted octanol–water partition coefficient (Wildman–Crippen LogP) is 0.912. The van der Waals surface area contributed by atoms with E-state index in [2.05, 4.69) is 5.16 Å². The van der Waals surface area contributed by atoms with Crippen LogP contribution in [0, 0.1) is 6.92 Å². The SMILES string of the molecule is Cc1cccc(C(N)=[NH+]OC(=O)Oc2ccccc2)c1. The summed E-state index contributed by atoms with van der Waals surface area (Å²) in [6.45, 7) is 1.95. The highest BCUT2D eigenvalue weighted by Gasteiger charge is 2.10. The molecular weight excluding hydrogens is 256 g/mol. The number of nitrogens with one attached hydrogen (secondary N) is 1. The van der Waals surface area contributed by atoms with Crippen LogP contribution in [0.4, 0.5) is 4.79 Å². The van der Waals surface area contributed by atoms with Gasteiger partial charge in [0, 0.05) is 0 Å². The molecule has 0 unspecified atom stereocenters. The highest BCUT2D eigenvalue weighted by molar-refractivity contribution is 5.93. The van der Waals surface area contributed by atoms with Crippen molar-refractivity contribution in [2.75, 3.05) is 0 Å². The topological polar surface area (TPSA) is 75.5 Å². The summed E-state index contributed by atoms with van der Waals surface area (Å²) in [5.41, 5.74) is 7.57. The summed E-state index contributed by atoms with van der Waals surface area (Å²) in [5.74, 6) is 0.632. The van der Waals surface area contributed by atoms with E-state index in [0.717, 1.165) is 11.1 Å². The van der Waals surface area contributed by atoms with Crippen LogP contribution in [0.25, 0.3) is 0 Å². The molecule has 5 nitrogen and oxygen atoms in total. The maximum atomic E-state index is 11.4. The van der Waals surface area contributed by atoms with Gasteiger partial charge >= 0.3 is 12.0 Å². The molecule has 0 aliphatic carbocycles. The molecule has 0 bridgehead atoms. The maximum absolute atomic E-state index is 11.4. The van der Waals surface area contributed by atoms with E-state index in [9.17, 15) is 4.79 Å². The number of nitrogen functional groups attached to an aromatic ring is 1. The van der Waals surface area contributed by atoms with Crippen molar-refractivity contribution in [2.24, 2.45) is 5.73 Å². The number of nitrogens with two attached hydrogens (primary N) is 1. The number of amidine groups is 1. The monoisotopic (exact) mass is 271 g/mol. The molecule has 3 N–H and O–H groups in total. The van der Waals surface area contributed by atoms with E-state index in [1.807, 2.05) is 31.2 Å². The Hall–Kier alpha value is -2.82. The van der Waals surface area contributed by atoms with E-state index in [4.69, 9.17) is 15.3 Å². The number of aryl methyl sites for hydroxylation is 1. The first kappa shape index (κ1) is 13.6. The molecule has 2 aromatic rings. The Morgan fingerprint density at radius 2 is 1.85 bits per heavy atom. The fraction of sp³-hybridized carbons (Fsp3) is 0.0667. The molecule has 0 aliphatic rings. The Morgan fingerprint density at radius 1 is 1.10 bits per heavy atom. The van der Waals surface area contributed by atoms with Crippen LogP contribution in [0.2, 0.25) is 0 Å². The number of hydrogen-bond donors (Lipinski definition) is 2. The normalized spacial score (nSPS) is 10.9. The summed E-state index contributed by atoms with van der Waals surface area (Å²) in [7, 11) is 0. The molecule has 20 heavy (non-hydrogen) atoms. The van der Waals surface area contributed by atoms with Gasteiger partial charge in [0.25, 0.3) is 0 Å². The third kappa shape index (κ3) is 3.84. The Balaban J connectivity index is 1.97. The van der Waals surface area contributed by atoms with Crippen molar-refractivity contribution in [1.82, 2.24) is 0 Å². The van der Waals surface area contributed by atoms with Gasteiger partial charge in [-0.2, -0.15) is 4.79 Å². The van der Waals surface area contributed by atoms with Crippen LogP contribution in [0.1, 0.15) is 11.1 Å². The minimum absolute atomic E-state index is 0.235. The Labute approximate surface area is 116 Å². The largest absolute Gasteiger partial charge is 0.556 e. The number of benzene rings is 2. The average molecular weight is 271 g/mol. The van der Waals surface area contributed by atoms with Crippen LogP contribution < -0.4 is 15.6 Å². The lowest BCUT2D eigenvalue weighted by Crippen LogP contribution is -2.75. The molecule has 2 aromatic carbocycles. The molecule has 0 aliphatic heterocycles. The first-order valence-electron chi connectivity index (χ1n) is 6.04. The molecule has 102 valence electrons. The van der Waals surface area contributed by atoms with Crippen LogP contribution in [0.15, 0.2) is 54.6 Å². The van der Waals surface area contributed by atoms with E-state index in [1.165, 1.54) is 0 Å². The number of hydrogen-bond acceptors (Lipinski definition) is 3. The van der Waals surface area contributed by atoms with Crippen LogP contribution in [0.3, 0.4) is 0 Å². The molecule has 0 aromatic heterocycles. The first-order chi connectivity index (χ1) is 9.65. The fourth-order valence-corrected chi connectivity index (χ4v) is 1.57. The molecule has 0 radical (unpaired) electrons. The van der Waals surface area contributed by atoms with E-state index in [0.29, 0.717) is 5.75 Å². The summed E-state index contributed by atoms with van der Waals surface area (Å²) >= 11 is 0. The predicted molar refractivity (Wildman–Crippen MR) is 74.0 cm³/mol. The molecule has 0 fully saturated rings. The number of rotatable bonds is 3. The van der Waals surface area contributed by atoms with Crippen molar-refractivity contribution in [2.45, 2.75) is 6.92 Å². The second-order valence-electron chi connectivity index (χ2n) is 4.15. The third-order valence-corrected chi connectivity index (χ3v) is 2.52. The van der Waals surface area contributed by atoms with Crippen molar-refractivity contribution in [3.8, 4) is 5.75 Å². The average Bonchev–Trinajstić information content (AvgIpc) is 2.46. The molecular formula is C15H15N2O3+. The number of ether oxygens (including phenoxy) is 1. The number of carbonyl (C=O) groups excluding carboxylic acids is 1. The Bertz CT molecular complexity index is 624. The second kappa shape index (κ2) is 6.38. The zero-order valence-electron chi connectivity index (χ0n) is 11.0. The summed E-state index contributed by atoms with van der Waals surface area (Å²) in [4.78, 5) is 16.2. The van der Waals surface area contributed by atoms with Crippen molar-refractivity contribution < 1.29 is 19.5 Å². The molecule has 0 atom stereocenters. The van der Waals surface area contributed by atoms with Crippen LogP contribution in [-0.4, -0.2) is 12.0 Å². The molecule has 5 heteroatoms. The zero-order chi connectivity index (χ0) is 14.4. The molecule has 0 saturated carbocycles. The van der Waals surface area contributed by atoms with Gasteiger partial charge < -0.3 is 4.74 Å². The van der Waals surface area contributed by atoms with Gasteiger partial charge in [0.15, 0.2) is 0 Å². The summed E-state index contributed by atoms with van der Waals surface area (Å²) in [6.07, 6.45) is -0.883. The lowest BCUT2D eigenvalue weighted by molar-refractivity contribution is -0.724. The highest BCUT2D eigenvalue weighted by Crippen LogP contribution is 2.08. The van der Waals surface area contributed by atoms with Gasteiger partial charge in [-0.3, -0.25) is 5.73 Å². The molecule has 2 rings (SSSR count). The number of carbonyl (C=O) groups is 1. The van der Waals surface area contributed by atoms with Gasteiger partial charge in [0.05, 0.1) is 5.56 Å². The van der Waals surface area contributed by atoms with E-state index < -0.39 is 6.16 Å². The van der Waals surface area contributed by atoms with Crippen molar-refractivity contribution >= 4 is 12.0 Å². The highest BCUT2D eigenvalue weighted by atomic mass is 16.8. The van der Waals surface area contributed by atoms with E-state index in [-0.39, 0.29) is 5.84 Å². The van der Waals surface area contributed by atoms with Gasteiger partial charge in [-0.15, -0.1) is 0 Å². The fourth-order valence-electron chi connectivity index (χ4n) is 1.57. The van der Waals surface area contributed by atoms with Crippen molar-refractivity contribution in [1.29, 1.82) is 0 Å². The molecule has 0 saturated heterocycles. The number of para-hydroxylation sites is 1. The standard InChI is InChI=1S/C15H14N2O3/c1-11-6-5-7-12(10-11)14(16)17-20-15(18)19-13-8-3-2-4-9-13/h2-10H,1H3,(H2,16,17)/p+1. The lowest BCUT2D eigenvalue weighted by atomic mass is 10.1. The third-order valence-electron chi connectivity index (χ3n) is 2.52. The summed E-state index contributed by atoms with van der Waals surface area (Å²) in [6, 6.07) is 16.1. The molecule has 0 spiro atoms. The van der Waals surface area contributed by atoms with Crippen LogP contribution in [-0.2, 0) is 4.84 Å². The summed E-state index contributed by atoms with van der Waals surface area (Å²) < 4.78 is 4.93. The van der Waals surface area contributed by atoms with Crippen molar-refractivity contribution in [3.63, 3.8) is 0 Å². The minimum atomic E-state index is -0.883. The van der Waals surface area contributed by atoms with Gasteiger partial charge in [-0.1, -0.05) is 41.1 Å². The van der Waals surface area contributed by atoms with E-state index in [1.54, 1.807) is 30.3 Å². The van der Waals surface area contributed by atoms with Gasteiger partial charge in [0.1, 0.15) is 5.75 Å². The van der Waals surface area contributed by atoms with E-state index >= 15 is 0 Å². The summed E-state index contributed by atoms with van der Waals surface area (Å²) in [5, 5.41) is 2.37. The van der Waals surface area contributed by atoms with Gasteiger partial charge in [0.2, 0.25) is 0 Å². The Kier molecular flexibility index (Phi) is 4.34. The quantitative estimate of drug-likeness (QED) is 0.217. The first-order valence-corrected chi connectivity index (χ1v) is 6.04. The van der Waals surface area contributed by atoms with Gasteiger partial charge in [-0.05, 0) is 31.2 Å². The Morgan fingerprint density at radius 3 is 2.55 bits per heavy atom. The lowest BCUT2D eigenvalue weighted by Gasteiger charge is -2.00. The van der Waals surface area contributed by atoms with Crippen LogP contribution >= 0.6 is 0 Å². The smallest absolute Gasteiger partial charge is 0.392 e. The maximum Gasteiger partial charge on any atom is 0.556 e. The zero-order valence-corrected chi connectivity index (χ0v) is 11.0. The van der Waals surface area contributed by atoms with Crippen molar-refractivity contribution in [3.05, 3.63) is 65.7 Å². The van der Waals surface area contributed by atoms with Crippen LogP contribution in [0.5, 0.6) is 5.75 Å².